The minimum atomic E-state index is -0.551. The van der Waals surface area contributed by atoms with E-state index in [1.54, 1.807) is 47.3 Å². The fraction of sp³-hybridized carbons (Fsp3) is 0.158. The molecule has 8 heteroatoms. The predicted octanol–water partition coefficient (Wildman–Crippen LogP) is 4.15. The summed E-state index contributed by atoms with van der Waals surface area (Å²) in [6, 6.07) is 10.0. The number of aryl methyl sites for hydroxylation is 1. The minimum Gasteiger partial charge on any atom is -0.484 e. The Labute approximate surface area is 165 Å². The number of rotatable bonds is 6. The van der Waals surface area contributed by atoms with Gasteiger partial charge in [0.2, 0.25) is 0 Å². The molecule has 1 amide bonds. The molecular weight excluding hydrogens is 392 g/mol. The van der Waals surface area contributed by atoms with E-state index >= 15 is 0 Å². The van der Waals surface area contributed by atoms with Crippen LogP contribution in [0.3, 0.4) is 0 Å². The number of hydrogen-bond acceptors (Lipinski definition) is 3. The number of nitrogens with one attached hydrogen (secondary N) is 1. The third-order valence-corrected chi connectivity index (χ3v) is 4.27. The fourth-order valence-corrected chi connectivity index (χ4v) is 3.08. The van der Waals surface area contributed by atoms with Gasteiger partial charge in [-0.2, -0.15) is 0 Å². The molecule has 0 aliphatic heterocycles. The molecule has 3 rings (SSSR count). The van der Waals surface area contributed by atoms with Crippen molar-refractivity contribution in [1.29, 1.82) is 0 Å². The number of imidazole rings is 1. The van der Waals surface area contributed by atoms with Gasteiger partial charge in [-0.3, -0.25) is 4.79 Å². The number of ether oxygens (including phenoxy) is 1. The van der Waals surface area contributed by atoms with Gasteiger partial charge in [0.15, 0.2) is 6.61 Å². The highest BCUT2D eigenvalue weighted by Crippen LogP contribution is 2.24. The lowest BCUT2D eigenvalue weighted by atomic mass is 10.1. The first-order valence-corrected chi connectivity index (χ1v) is 8.79. The van der Waals surface area contributed by atoms with Crippen LogP contribution >= 0.6 is 23.2 Å². The zero-order valence-corrected chi connectivity index (χ0v) is 15.8. The lowest BCUT2D eigenvalue weighted by Gasteiger charge is -2.19. The number of nitrogens with zero attached hydrogens (tertiary/aromatic N) is 2. The smallest absolute Gasteiger partial charge is 0.258 e. The van der Waals surface area contributed by atoms with Gasteiger partial charge < -0.3 is 14.6 Å². The Kier molecular flexibility index (Phi) is 5.98. The van der Waals surface area contributed by atoms with Crippen LogP contribution in [0.4, 0.5) is 4.39 Å². The molecule has 0 saturated heterocycles. The normalized spacial score (nSPS) is 11.9. The first kappa shape index (κ1) is 19.2. The van der Waals surface area contributed by atoms with Crippen molar-refractivity contribution < 1.29 is 13.9 Å². The van der Waals surface area contributed by atoms with Crippen molar-refractivity contribution >= 4 is 29.1 Å². The number of halogens is 3. The molecule has 1 atom stereocenters. The lowest BCUT2D eigenvalue weighted by molar-refractivity contribution is -0.123. The van der Waals surface area contributed by atoms with Crippen molar-refractivity contribution in [2.45, 2.75) is 6.04 Å². The third-order valence-electron chi connectivity index (χ3n) is 3.83. The van der Waals surface area contributed by atoms with Crippen molar-refractivity contribution in [3.63, 3.8) is 0 Å². The second-order valence-corrected chi connectivity index (χ2v) is 6.72. The van der Waals surface area contributed by atoms with E-state index in [0.29, 0.717) is 27.2 Å². The van der Waals surface area contributed by atoms with Crippen LogP contribution in [0.25, 0.3) is 0 Å². The first-order valence-electron chi connectivity index (χ1n) is 8.03. The van der Waals surface area contributed by atoms with E-state index in [-0.39, 0.29) is 18.3 Å². The third kappa shape index (κ3) is 4.99. The Morgan fingerprint density at radius 2 is 1.89 bits per heavy atom. The van der Waals surface area contributed by atoms with Gasteiger partial charge in [0, 0.05) is 29.5 Å². The van der Waals surface area contributed by atoms with E-state index in [9.17, 15) is 9.18 Å². The molecule has 140 valence electrons. The second kappa shape index (κ2) is 8.41. The van der Waals surface area contributed by atoms with E-state index in [1.165, 1.54) is 12.1 Å². The Morgan fingerprint density at radius 3 is 2.48 bits per heavy atom. The highest BCUT2D eigenvalue weighted by Gasteiger charge is 2.21. The molecule has 3 aromatic rings. The largest absolute Gasteiger partial charge is 0.484 e. The van der Waals surface area contributed by atoms with Gasteiger partial charge in [-0.15, -0.1) is 0 Å². The van der Waals surface area contributed by atoms with Crippen molar-refractivity contribution in [3.8, 4) is 5.75 Å². The van der Waals surface area contributed by atoms with Gasteiger partial charge in [0.25, 0.3) is 5.91 Å². The van der Waals surface area contributed by atoms with Crippen LogP contribution in [0.2, 0.25) is 10.0 Å². The molecule has 0 spiro atoms. The summed E-state index contributed by atoms with van der Waals surface area (Å²) in [4.78, 5) is 16.7. The fourth-order valence-electron chi connectivity index (χ4n) is 2.57. The first-order chi connectivity index (χ1) is 12.9. The van der Waals surface area contributed by atoms with Crippen molar-refractivity contribution in [2.75, 3.05) is 6.61 Å². The van der Waals surface area contributed by atoms with Gasteiger partial charge in [-0.1, -0.05) is 35.3 Å². The molecule has 1 aromatic heterocycles. The van der Waals surface area contributed by atoms with Crippen LogP contribution in [0, 0.1) is 5.82 Å². The molecule has 2 aromatic carbocycles. The molecule has 0 fully saturated rings. The summed E-state index contributed by atoms with van der Waals surface area (Å²) in [6.07, 6.45) is 3.39. The summed E-state index contributed by atoms with van der Waals surface area (Å²) in [5.74, 6) is 0.270. The summed E-state index contributed by atoms with van der Waals surface area (Å²) in [7, 11) is 1.81. The molecule has 27 heavy (non-hydrogen) atoms. The molecular formula is C19H16Cl2FN3O2. The molecule has 1 heterocycles. The van der Waals surface area contributed by atoms with Crippen molar-refractivity contribution in [2.24, 2.45) is 7.05 Å². The van der Waals surface area contributed by atoms with Crippen LogP contribution in [-0.4, -0.2) is 22.1 Å². The minimum absolute atomic E-state index is 0.237. The highest BCUT2D eigenvalue weighted by atomic mass is 35.5. The van der Waals surface area contributed by atoms with Crippen molar-refractivity contribution in [1.82, 2.24) is 14.9 Å². The summed E-state index contributed by atoms with van der Waals surface area (Å²) in [5.41, 5.74) is 0.699. The zero-order chi connectivity index (χ0) is 19.4. The van der Waals surface area contributed by atoms with E-state index in [0.717, 1.165) is 0 Å². The van der Waals surface area contributed by atoms with Crippen molar-refractivity contribution in [3.05, 3.63) is 82.1 Å². The quantitative estimate of drug-likeness (QED) is 0.667. The Morgan fingerprint density at radius 1 is 1.22 bits per heavy atom. The lowest BCUT2D eigenvalue weighted by Crippen LogP contribution is -2.34. The molecule has 0 bridgehead atoms. The Bertz CT molecular complexity index is 924. The number of aromatic nitrogens is 2. The maximum atomic E-state index is 13.3. The SMILES string of the molecule is Cn1ccnc1C(NC(=O)COc1cc(Cl)cc(Cl)c1)c1ccc(F)cc1. The molecule has 0 aliphatic rings. The number of benzene rings is 2. The average molecular weight is 408 g/mol. The van der Waals surface area contributed by atoms with Gasteiger partial charge in [-0.05, 0) is 35.9 Å². The van der Waals surface area contributed by atoms with Crippen LogP contribution < -0.4 is 10.1 Å². The number of hydrogen-bond donors (Lipinski definition) is 1. The van der Waals surface area contributed by atoms with Gasteiger partial charge in [0.05, 0.1) is 0 Å². The molecule has 5 nitrogen and oxygen atoms in total. The molecule has 0 saturated carbocycles. The summed E-state index contributed by atoms with van der Waals surface area (Å²) < 4.78 is 20.5. The Balaban J connectivity index is 1.74. The zero-order valence-electron chi connectivity index (χ0n) is 14.3. The van der Waals surface area contributed by atoms with Gasteiger partial charge in [-0.25, -0.2) is 9.37 Å². The molecule has 0 aliphatic carbocycles. The molecule has 0 radical (unpaired) electrons. The maximum absolute atomic E-state index is 13.3. The second-order valence-electron chi connectivity index (χ2n) is 5.84. The van der Waals surface area contributed by atoms with Gasteiger partial charge in [0.1, 0.15) is 23.4 Å². The standard InChI is InChI=1S/C19H16Cl2FN3O2/c1-25-7-6-23-19(25)18(12-2-4-15(22)5-3-12)24-17(26)11-27-16-9-13(20)8-14(21)10-16/h2-10,18H,11H2,1H3,(H,24,26). The maximum Gasteiger partial charge on any atom is 0.258 e. The topological polar surface area (TPSA) is 56.2 Å². The van der Waals surface area contributed by atoms with E-state index in [1.807, 2.05) is 7.05 Å². The monoisotopic (exact) mass is 407 g/mol. The molecule has 1 N–H and O–H groups in total. The number of amides is 1. The van der Waals surface area contributed by atoms with E-state index in [2.05, 4.69) is 10.3 Å². The van der Waals surface area contributed by atoms with Crippen LogP contribution in [-0.2, 0) is 11.8 Å². The Hall–Kier alpha value is -2.57. The average Bonchev–Trinajstić information content (AvgIpc) is 3.04. The number of carbonyl (C=O) groups is 1. The highest BCUT2D eigenvalue weighted by molar-refractivity contribution is 6.34. The van der Waals surface area contributed by atoms with Crippen LogP contribution in [0.1, 0.15) is 17.4 Å². The summed E-state index contributed by atoms with van der Waals surface area (Å²) in [6.45, 7) is -0.237. The van der Waals surface area contributed by atoms with E-state index < -0.39 is 6.04 Å². The predicted molar refractivity (Wildman–Crippen MR) is 102 cm³/mol. The van der Waals surface area contributed by atoms with Crippen LogP contribution in [0.15, 0.2) is 54.9 Å². The van der Waals surface area contributed by atoms with Crippen LogP contribution in [0.5, 0.6) is 5.75 Å². The van der Waals surface area contributed by atoms with Gasteiger partial charge >= 0.3 is 0 Å². The molecule has 1 unspecified atom stereocenters. The summed E-state index contributed by atoms with van der Waals surface area (Å²) in [5, 5.41) is 3.68. The van der Waals surface area contributed by atoms with E-state index in [4.69, 9.17) is 27.9 Å². The number of carbonyl (C=O) groups excluding carboxylic acids is 1. The summed E-state index contributed by atoms with van der Waals surface area (Å²) >= 11 is 11.8.